The Kier molecular flexibility index (Phi) is 10.9. The molecule has 1 unspecified atom stereocenters. The lowest BCUT2D eigenvalue weighted by Crippen LogP contribution is -2.45. The number of H-pyrrole nitrogens is 2. The summed E-state index contributed by atoms with van der Waals surface area (Å²) in [6.07, 6.45) is 6.98. The smallest absolute Gasteiger partial charge is 0.374 e. The van der Waals surface area contributed by atoms with Crippen molar-refractivity contribution in [1.29, 1.82) is 0 Å². The van der Waals surface area contributed by atoms with Crippen molar-refractivity contribution in [3.8, 4) is 0 Å². The highest BCUT2D eigenvalue weighted by Crippen LogP contribution is 2.27. The zero-order valence-corrected chi connectivity index (χ0v) is 18.8. The van der Waals surface area contributed by atoms with Crippen molar-refractivity contribution >= 4 is 8.80 Å². The average Bonchev–Trinajstić information content (AvgIpc) is 3.41. The Morgan fingerprint density at radius 1 is 0.793 bits per heavy atom. The molecule has 0 aliphatic rings. The van der Waals surface area contributed by atoms with Gasteiger partial charge in [0, 0.05) is 38.2 Å². The van der Waals surface area contributed by atoms with E-state index < -0.39 is 8.80 Å². The van der Waals surface area contributed by atoms with E-state index in [0.29, 0.717) is 25.7 Å². The molecule has 0 fully saturated rings. The molecule has 0 saturated carbocycles. The van der Waals surface area contributed by atoms with E-state index in [0.717, 1.165) is 62.6 Å². The van der Waals surface area contributed by atoms with Crippen molar-refractivity contribution in [1.82, 2.24) is 41.2 Å². The number of aromatic nitrogens is 8. The topological polar surface area (TPSA) is 137 Å². The van der Waals surface area contributed by atoms with Crippen molar-refractivity contribution in [2.75, 3.05) is 19.8 Å². The summed E-state index contributed by atoms with van der Waals surface area (Å²) in [5.74, 6) is 1.99. The highest BCUT2D eigenvalue weighted by molar-refractivity contribution is 6.60. The second-order valence-electron chi connectivity index (χ2n) is 6.80. The van der Waals surface area contributed by atoms with Gasteiger partial charge in [-0.15, -0.1) is 10.2 Å². The van der Waals surface area contributed by atoms with Crippen LogP contribution in [0.15, 0.2) is 0 Å². The van der Waals surface area contributed by atoms with E-state index in [2.05, 4.69) is 41.2 Å². The summed E-state index contributed by atoms with van der Waals surface area (Å²) in [4.78, 5) is 0. The minimum absolute atomic E-state index is 0.306. The third-order valence-electron chi connectivity index (χ3n) is 4.73. The second kappa shape index (κ2) is 13.5. The van der Waals surface area contributed by atoms with Gasteiger partial charge in [0.05, 0.1) is 0 Å². The number of aryl methyl sites for hydroxylation is 1. The van der Waals surface area contributed by atoms with Crippen LogP contribution < -0.4 is 0 Å². The molecular formula is C17H34N8O3Si. The van der Waals surface area contributed by atoms with Crippen LogP contribution in [0.5, 0.6) is 0 Å². The first-order valence-corrected chi connectivity index (χ1v) is 12.5. The van der Waals surface area contributed by atoms with Gasteiger partial charge in [0.25, 0.3) is 0 Å². The molecule has 0 aliphatic heterocycles. The van der Waals surface area contributed by atoms with Gasteiger partial charge in [-0.25, -0.2) is 10.2 Å². The third-order valence-corrected chi connectivity index (χ3v) is 7.88. The van der Waals surface area contributed by atoms with E-state index in [1.54, 1.807) is 0 Å². The van der Waals surface area contributed by atoms with Crippen LogP contribution in [0.1, 0.15) is 76.9 Å². The van der Waals surface area contributed by atoms with Crippen molar-refractivity contribution in [3.05, 3.63) is 11.6 Å². The molecule has 2 N–H and O–H groups in total. The molecular weight excluding hydrogens is 392 g/mol. The van der Waals surface area contributed by atoms with E-state index in [9.17, 15) is 0 Å². The van der Waals surface area contributed by atoms with E-state index in [-0.39, 0.29) is 0 Å². The molecule has 1 atom stereocenters. The molecule has 2 aromatic heterocycles. The predicted molar refractivity (Wildman–Crippen MR) is 108 cm³/mol. The first-order valence-electron chi connectivity index (χ1n) is 10.6. The molecule has 0 aromatic carbocycles. The summed E-state index contributed by atoms with van der Waals surface area (Å²) in [7, 11) is -2.57. The van der Waals surface area contributed by atoms with Gasteiger partial charge < -0.3 is 13.3 Å². The van der Waals surface area contributed by atoms with Crippen LogP contribution in [0, 0.1) is 0 Å². The van der Waals surface area contributed by atoms with Gasteiger partial charge in [-0.05, 0) is 67.3 Å². The van der Waals surface area contributed by atoms with Crippen LogP contribution in [0.25, 0.3) is 0 Å². The molecule has 0 radical (unpaired) electrons. The van der Waals surface area contributed by atoms with Crippen molar-refractivity contribution in [2.24, 2.45) is 0 Å². The minimum atomic E-state index is -2.57. The quantitative estimate of drug-likeness (QED) is 0.288. The monoisotopic (exact) mass is 426 g/mol. The van der Waals surface area contributed by atoms with Crippen LogP contribution in [0.2, 0.25) is 6.04 Å². The summed E-state index contributed by atoms with van der Waals surface area (Å²) >= 11 is 0. The molecule has 0 bridgehead atoms. The number of hydrogen-bond donors (Lipinski definition) is 2. The number of aromatic amines is 2. The van der Waals surface area contributed by atoms with E-state index in [1.165, 1.54) is 0 Å². The SMILES string of the molecule is CCO[Si](CCCCC(CCCCc1nnn[nH]1)c1nnn[nH]1)(OCC)OCC. The normalized spacial score (nSPS) is 13.1. The molecule has 164 valence electrons. The van der Waals surface area contributed by atoms with Gasteiger partial charge in [0.15, 0.2) is 5.82 Å². The molecule has 2 heterocycles. The molecule has 0 aliphatic carbocycles. The van der Waals surface area contributed by atoms with Crippen LogP contribution >= 0.6 is 0 Å². The number of tetrazole rings is 2. The summed E-state index contributed by atoms with van der Waals surface area (Å²) in [5.41, 5.74) is 0. The predicted octanol–water partition coefficient (Wildman–Crippen LogP) is 2.43. The molecule has 2 aromatic rings. The minimum Gasteiger partial charge on any atom is -0.374 e. The zero-order chi connectivity index (χ0) is 20.8. The molecule has 12 heteroatoms. The molecule has 0 spiro atoms. The van der Waals surface area contributed by atoms with Crippen LogP contribution in [0.3, 0.4) is 0 Å². The lowest BCUT2D eigenvalue weighted by Gasteiger charge is -2.28. The van der Waals surface area contributed by atoms with E-state index in [4.69, 9.17) is 13.3 Å². The molecule has 29 heavy (non-hydrogen) atoms. The first kappa shape index (κ1) is 23.5. The standard InChI is InChI=1S/C17H34N8O3Si/c1-4-26-29(27-5-2,28-6-3)14-10-9-12-15(17-20-24-25-21-17)11-7-8-13-16-18-22-23-19-16/h15H,4-14H2,1-3H3,(H,18,19,22,23)(H,20,21,24,25). The average molecular weight is 427 g/mol. The lowest BCUT2D eigenvalue weighted by atomic mass is 9.95. The van der Waals surface area contributed by atoms with Crippen LogP contribution in [-0.2, 0) is 19.7 Å². The fraction of sp³-hybridized carbons (Fsp3) is 0.882. The summed E-state index contributed by atoms with van der Waals surface area (Å²) in [5, 5.41) is 28.5. The number of nitrogens with one attached hydrogen (secondary N) is 2. The fourth-order valence-electron chi connectivity index (χ4n) is 3.46. The van der Waals surface area contributed by atoms with E-state index in [1.807, 2.05) is 20.8 Å². The van der Waals surface area contributed by atoms with Crippen molar-refractivity contribution < 1.29 is 13.3 Å². The summed E-state index contributed by atoms with van der Waals surface area (Å²) in [6.45, 7) is 7.79. The van der Waals surface area contributed by atoms with Crippen LogP contribution in [-0.4, -0.2) is 69.9 Å². The van der Waals surface area contributed by atoms with Gasteiger partial charge in [0.1, 0.15) is 5.82 Å². The van der Waals surface area contributed by atoms with Gasteiger partial charge in [0.2, 0.25) is 0 Å². The van der Waals surface area contributed by atoms with E-state index >= 15 is 0 Å². The maximum atomic E-state index is 5.94. The highest BCUT2D eigenvalue weighted by atomic mass is 28.4. The number of hydrogen-bond acceptors (Lipinski definition) is 9. The zero-order valence-electron chi connectivity index (χ0n) is 17.8. The van der Waals surface area contributed by atoms with Crippen LogP contribution in [0.4, 0.5) is 0 Å². The Hall–Kier alpha value is -1.76. The number of unbranched alkanes of at least 4 members (excludes halogenated alkanes) is 2. The maximum Gasteiger partial charge on any atom is 0.500 e. The van der Waals surface area contributed by atoms with Gasteiger partial charge >= 0.3 is 8.80 Å². The third kappa shape index (κ3) is 8.24. The van der Waals surface area contributed by atoms with Crippen molar-refractivity contribution in [3.63, 3.8) is 0 Å². The molecule has 0 saturated heterocycles. The maximum absolute atomic E-state index is 5.94. The second-order valence-corrected chi connectivity index (χ2v) is 9.54. The number of nitrogens with zero attached hydrogens (tertiary/aromatic N) is 6. The Morgan fingerprint density at radius 3 is 1.97 bits per heavy atom. The Morgan fingerprint density at radius 2 is 1.41 bits per heavy atom. The van der Waals surface area contributed by atoms with Crippen molar-refractivity contribution in [2.45, 2.75) is 77.7 Å². The Labute approximate surface area is 173 Å². The van der Waals surface area contributed by atoms with Gasteiger partial charge in [-0.1, -0.05) is 12.8 Å². The molecule has 2 rings (SSSR count). The summed E-state index contributed by atoms with van der Waals surface area (Å²) < 4.78 is 17.8. The molecule has 11 nitrogen and oxygen atoms in total. The fourth-order valence-corrected chi connectivity index (χ4v) is 6.14. The number of rotatable bonds is 17. The van der Waals surface area contributed by atoms with Gasteiger partial charge in [-0.2, -0.15) is 0 Å². The Bertz CT molecular complexity index is 612. The van der Waals surface area contributed by atoms with Gasteiger partial charge in [-0.3, -0.25) is 0 Å². The highest BCUT2D eigenvalue weighted by Gasteiger charge is 2.39. The summed E-state index contributed by atoms with van der Waals surface area (Å²) in [6, 6.07) is 0.836. The Balaban J connectivity index is 1.79. The molecule has 0 amide bonds. The lowest BCUT2D eigenvalue weighted by molar-refractivity contribution is 0.0706. The largest absolute Gasteiger partial charge is 0.500 e. The first-order chi connectivity index (χ1) is 14.2.